The second-order valence-corrected chi connectivity index (χ2v) is 6.68. The van der Waals surface area contributed by atoms with Crippen molar-refractivity contribution >= 4 is 12.1 Å². The molecule has 0 spiro atoms. The maximum atomic E-state index is 12.4. The molecule has 2 rings (SSSR count). The summed E-state index contributed by atoms with van der Waals surface area (Å²) in [6.07, 6.45) is 6.02. The molecule has 5 heteroatoms. The quantitative estimate of drug-likeness (QED) is 0.750. The number of fused-ring (bicyclic) bond motifs is 1. The fraction of sp³-hybridized carbons (Fsp3) is 0.733. The second-order valence-electron chi connectivity index (χ2n) is 6.68. The van der Waals surface area contributed by atoms with Gasteiger partial charge in [0.1, 0.15) is 5.60 Å². The Morgan fingerprint density at radius 1 is 1.35 bits per heavy atom. The molecule has 1 aliphatic carbocycles. The molecule has 112 valence electrons. The van der Waals surface area contributed by atoms with Gasteiger partial charge in [0, 0.05) is 6.54 Å². The van der Waals surface area contributed by atoms with Gasteiger partial charge in [-0.05, 0) is 40.0 Å². The lowest BCUT2D eigenvalue weighted by Gasteiger charge is -2.37. The third-order valence-corrected chi connectivity index (χ3v) is 4.12. The Morgan fingerprint density at radius 3 is 2.65 bits per heavy atom. The van der Waals surface area contributed by atoms with Crippen molar-refractivity contribution in [2.45, 2.75) is 58.1 Å². The van der Waals surface area contributed by atoms with E-state index in [1.54, 1.807) is 4.90 Å². The Hall–Kier alpha value is -1.52. The van der Waals surface area contributed by atoms with Crippen LogP contribution in [0.25, 0.3) is 0 Å². The molecule has 1 heterocycles. The van der Waals surface area contributed by atoms with Crippen LogP contribution in [-0.4, -0.2) is 40.3 Å². The molecule has 0 radical (unpaired) electrons. The van der Waals surface area contributed by atoms with Crippen LogP contribution < -0.4 is 0 Å². The number of aliphatic carboxylic acids is 1. The molecule has 2 unspecified atom stereocenters. The minimum atomic E-state index is -0.843. The van der Waals surface area contributed by atoms with Crippen molar-refractivity contribution in [3.8, 4) is 0 Å². The normalized spacial score (nSPS) is 29.8. The number of carboxylic acid groups (broad SMARTS) is 1. The van der Waals surface area contributed by atoms with Crippen molar-refractivity contribution in [2.24, 2.45) is 5.41 Å². The molecule has 0 saturated heterocycles. The van der Waals surface area contributed by atoms with Gasteiger partial charge < -0.3 is 14.7 Å². The lowest BCUT2D eigenvalue weighted by atomic mass is 9.79. The number of allylic oxidation sites excluding steroid dienone is 1. The first kappa shape index (κ1) is 14.9. The molecule has 1 aliphatic heterocycles. The number of ether oxygens (including phenoxy) is 1. The maximum absolute atomic E-state index is 12.4. The number of hydrogen-bond donors (Lipinski definition) is 1. The van der Waals surface area contributed by atoms with Gasteiger partial charge in [0.15, 0.2) is 0 Å². The standard InChI is InChI=1S/C15H23NO4/c1-14(2,3)20-13(19)16-10-5-4-8-15(12(17)18)9-6-7-11(15)16/h4-5,11H,6-10H2,1-3H3,(H,17,18). The molecular formula is C15H23NO4. The van der Waals surface area contributed by atoms with E-state index in [0.29, 0.717) is 19.4 Å². The number of rotatable bonds is 1. The molecule has 0 aromatic carbocycles. The molecule has 1 fully saturated rings. The van der Waals surface area contributed by atoms with Gasteiger partial charge in [-0.1, -0.05) is 18.6 Å². The number of hydrogen-bond acceptors (Lipinski definition) is 3. The molecule has 0 aromatic heterocycles. The van der Waals surface area contributed by atoms with E-state index in [2.05, 4.69) is 0 Å². The number of nitrogens with zero attached hydrogens (tertiary/aromatic N) is 1. The van der Waals surface area contributed by atoms with Crippen LogP contribution in [0.1, 0.15) is 46.5 Å². The molecular weight excluding hydrogens is 258 g/mol. The highest BCUT2D eigenvalue weighted by atomic mass is 16.6. The number of carbonyl (C=O) groups is 2. The highest BCUT2D eigenvalue weighted by Crippen LogP contribution is 2.46. The molecule has 1 saturated carbocycles. The molecule has 20 heavy (non-hydrogen) atoms. The summed E-state index contributed by atoms with van der Waals surface area (Å²) in [6.45, 7) is 5.88. The van der Waals surface area contributed by atoms with Crippen LogP contribution >= 0.6 is 0 Å². The average molecular weight is 281 g/mol. The first-order valence-corrected chi connectivity index (χ1v) is 7.14. The van der Waals surface area contributed by atoms with Crippen LogP contribution in [0.3, 0.4) is 0 Å². The number of amides is 1. The predicted molar refractivity (Wildman–Crippen MR) is 74.4 cm³/mol. The summed E-state index contributed by atoms with van der Waals surface area (Å²) in [6, 6.07) is -0.273. The van der Waals surface area contributed by atoms with Crippen molar-refractivity contribution in [3.05, 3.63) is 12.2 Å². The van der Waals surface area contributed by atoms with Crippen molar-refractivity contribution in [1.82, 2.24) is 4.90 Å². The van der Waals surface area contributed by atoms with E-state index in [9.17, 15) is 14.7 Å². The van der Waals surface area contributed by atoms with Crippen LogP contribution in [-0.2, 0) is 9.53 Å². The smallest absolute Gasteiger partial charge is 0.410 e. The summed E-state index contributed by atoms with van der Waals surface area (Å²) in [4.78, 5) is 25.7. The minimum Gasteiger partial charge on any atom is -0.481 e. The predicted octanol–water partition coefficient (Wildman–Crippen LogP) is 2.81. The van der Waals surface area contributed by atoms with Crippen molar-refractivity contribution < 1.29 is 19.4 Å². The Labute approximate surface area is 119 Å². The summed E-state index contributed by atoms with van der Waals surface area (Å²) < 4.78 is 5.43. The SMILES string of the molecule is CC(C)(C)OC(=O)N1CC=CCC2(C(=O)O)CCCC12. The van der Waals surface area contributed by atoms with Crippen molar-refractivity contribution in [1.29, 1.82) is 0 Å². The molecule has 2 atom stereocenters. The van der Waals surface area contributed by atoms with Crippen LogP contribution in [0.5, 0.6) is 0 Å². The topological polar surface area (TPSA) is 66.8 Å². The Kier molecular flexibility index (Phi) is 3.80. The van der Waals surface area contributed by atoms with Gasteiger partial charge in [-0.25, -0.2) is 4.79 Å². The summed E-state index contributed by atoms with van der Waals surface area (Å²) in [7, 11) is 0. The van der Waals surface area contributed by atoms with E-state index in [1.165, 1.54) is 0 Å². The average Bonchev–Trinajstić information content (AvgIpc) is 2.63. The molecule has 5 nitrogen and oxygen atoms in total. The highest BCUT2D eigenvalue weighted by molar-refractivity contribution is 5.78. The van der Waals surface area contributed by atoms with E-state index in [0.717, 1.165) is 12.8 Å². The molecule has 0 aromatic rings. The highest BCUT2D eigenvalue weighted by Gasteiger charge is 2.53. The third-order valence-electron chi connectivity index (χ3n) is 4.12. The Bertz CT molecular complexity index is 438. The first-order chi connectivity index (χ1) is 9.26. The fourth-order valence-electron chi connectivity index (χ4n) is 3.21. The van der Waals surface area contributed by atoms with Crippen molar-refractivity contribution in [2.75, 3.05) is 6.54 Å². The summed E-state index contributed by atoms with van der Waals surface area (Å²) in [5, 5.41) is 9.64. The molecule has 2 aliphatic rings. The lowest BCUT2D eigenvalue weighted by molar-refractivity contribution is -0.151. The van der Waals surface area contributed by atoms with Gasteiger partial charge in [-0.2, -0.15) is 0 Å². The van der Waals surface area contributed by atoms with Gasteiger partial charge in [-0.15, -0.1) is 0 Å². The van der Waals surface area contributed by atoms with E-state index in [-0.39, 0.29) is 6.04 Å². The molecule has 1 amide bonds. The lowest BCUT2D eigenvalue weighted by Crippen LogP contribution is -2.51. The van der Waals surface area contributed by atoms with Gasteiger partial charge in [0.25, 0.3) is 0 Å². The molecule has 1 N–H and O–H groups in total. The summed E-state index contributed by atoms with van der Waals surface area (Å²) >= 11 is 0. The minimum absolute atomic E-state index is 0.273. The van der Waals surface area contributed by atoms with E-state index >= 15 is 0 Å². The van der Waals surface area contributed by atoms with Gasteiger partial charge in [0.2, 0.25) is 0 Å². The number of carbonyl (C=O) groups excluding carboxylic acids is 1. The number of carboxylic acids is 1. The Morgan fingerprint density at radius 2 is 2.05 bits per heavy atom. The van der Waals surface area contributed by atoms with Crippen LogP contribution in [0.15, 0.2) is 12.2 Å². The van der Waals surface area contributed by atoms with Gasteiger partial charge >= 0.3 is 12.1 Å². The van der Waals surface area contributed by atoms with Crippen LogP contribution in [0, 0.1) is 5.41 Å². The largest absolute Gasteiger partial charge is 0.481 e. The zero-order valence-corrected chi connectivity index (χ0v) is 12.4. The van der Waals surface area contributed by atoms with E-state index in [1.807, 2.05) is 32.9 Å². The fourth-order valence-corrected chi connectivity index (χ4v) is 3.21. The van der Waals surface area contributed by atoms with Crippen LogP contribution in [0.4, 0.5) is 4.79 Å². The van der Waals surface area contributed by atoms with Crippen molar-refractivity contribution in [3.63, 3.8) is 0 Å². The maximum Gasteiger partial charge on any atom is 0.410 e. The van der Waals surface area contributed by atoms with Gasteiger partial charge in [-0.3, -0.25) is 4.79 Å². The zero-order valence-electron chi connectivity index (χ0n) is 12.4. The van der Waals surface area contributed by atoms with Gasteiger partial charge in [0.05, 0.1) is 11.5 Å². The first-order valence-electron chi connectivity index (χ1n) is 7.14. The van der Waals surface area contributed by atoms with E-state index in [4.69, 9.17) is 4.74 Å². The monoisotopic (exact) mass is 281 g/mol. The zero-order chi connectivity index (χ0) is 15.0. The summed E-state index contributed by atoms with van der Waals surface area (Å²) in [5.74, 6) is -0.805. The second kappa shape index (κ2) is 5.11. The summed E-state index contributed by atoms with van der Waals surface area (Å²) in [5.41, 5.74) is -1.42. The van der Waals surface area contributed by atoms with E-state index < -0.39 is 23.1 Å². The van der Waals surface area contributed by atoms with Crippen LogP contribution in [0.2, 0.25) is 0 Å². The molecule has 0 bridgehead atoms. The Balaban J connectivity index is 2.27. The third kappa shape index (κ3) is 2.67.